The second-order valence-corrected chi connectivity index (χ2v) is 7.77. The Balaban J connectivity index is 1.63. The number of anilines is 1. The number of fused-ring (bicyclic) bond motifs is 1. The first-order valence-corrected chi connectivity index (χ1v) is 10.4. The standard InChI is InChI=1S/C20H17F3N10O4/c1-9(33-8-28-15-14(33)17(36)32(7-12(24)34)19(37)31(15)2)16(35)30-13-6-25-5-11(29-13)10-3-26-18(27-4-10)20(21,22)23/h3-6,8-9H,7H2,1-2H3,(H2,24,34)(H,29,30,35)/t9-/m0/s1. The number of aromatic nitrogens is 8. The molecule has 0 unspecified atom stereocenters. The fraction of sp³-hybridized carbons (Fsp3) is 0.250. The predicted molar refractivity (Wildman–Crippen MR) is 120 cm³/mol. The van der Waals surface area contributed by atoms with Crippen LogP contribution >= 0.6 is 0 Å². The first kappa shape index (κ1) is 25.1. The molecule has 37 heavy (non-hydrogen) atoms. The summed E-state index contributed by atoms with van der Waals surface area (Å²) in [5.41, 5.74) is 3.56. The van der Waals surface area contributed by atoms with E-state index >= 15 is 0 Å². The quantitative estimate of drug-likeness (QED) is 0.350. The van der Waals surface area contributed by atoms with Crippen LogP contribution in [0.3, 0.4) is 0 Å². The Labute approximate surface area is 203 Å². The lowest BCUT2D eigenvalue weighted by Crippen LogP contribution is -2.42. The summed E-state index contributed by atoms with van der Waals surface area (Å²) in [4.78, 5) is 68.3. The lowest BCUT2D eigenvalue weighted by molar-refractivity contribution is -0.145. The molecule has 0 saturated carbocycles. The minimum atomic E-state index is -4.71. The Morgan fingerprint density at radius 1 is 1.11 bits per heavy atom. The van der Waals surface area contributed by atoms with E-state index in [-0.39, 0.29) is 28.2 Å². The van der Waals surface area contributed by atoms with E-state index in [9.17, 15) is 32.3 Å². The summed E-state index contributed by atoms with van der Waals surface area (Å²) in [5, 5.41) is 2.50. The number of nitrogens with one attached hydrogen (secondary N) is 1. The Hall–Kier alpha value is -4.96. The van der Waals surface area contributed by atoms with Crippen molar-refractivity contribution in [1.82, 2.24) is 38.6 Å². The molecule has 4 heterocycles. The molecule has 0 aliphatic rings. The van der Waals surface area contributed by atoms with Gasteiger partial charge in [0.25, 0.3) is 5.56 Å². The van der Waals surface area contributed by atoms with Crippen LogP contribution in [0.4, 0.5) is 19.0 Å². The van der Waals surface area contributed by atoms with Crippen LogP contribution in [0, 0.1) is 0 Å². The zero-order valence-electron chi connectivity index (χ0n) is 19.1. The molecule has 0 radical (unpaired) electrons. The van der Waals surface area contributed by atoms with Crippen LogP contribution < -0.4 is 22.3 Å². The molecular formula is C20H17F3N10O4. The van der Waals surface area contributed by atoms with E-state index < -0.39 is 47.7 Å². The second-order valence-electron chi connectivity index (χ2n) is 7.77. The van der Waals surface area contributed by atoms with E-state index in [1.807, 2.05) is 0 Å². The van der Waals surface area contributed by atoms with Crippen molar-refractivity contribution in [3.05, 3.63) is 57.8 Å². The number of alkyl halides is 3. The molecule has 2 amide bonds. The number of amides is 2. The highest BCUT2D eigenvalue weighted by Gasteiger charge is 2.34. The maximum absolute atomic E-state index is 13.0. The molecule has 1 atom stereocenters. The Morgan fingerprint density at radius 3 is 2.41 bits per heavy atom. The first-order chi connectivity index (χ1) is 17.4. The minimum Gasteiger partial charge on any atom is -0.368 e. The zero-order valence-corrected chi connectivity index (χ0v) is 19.1. The molecule has 17 heteroatoms. The Bertz CT molecular complexity index is 1640. The third-order valence-corrected chi connectivity index (χ3v) is 5.26. The van der Waals surface area contributed by atoms with Crippen molar-refractivity contribution in [3.63, 3.8) is 0 Å². The molecule has 4 aromatic rings. The number of imidazole rings is 1. The molecule has 4 rings (SSSR count). The van der Waals surface area contributed by atoms with Crippen molar-refractivity contribution in [2.75, 3.05) is 5.32 Å². The van der Waals surface area contributed by atoms with Gasteiger partial charge in [-0.05, 0) is 6.92 Å². The summed E-state index contributed by atoms with van der Waals surface area (Å²) in [6.45, 7) is 0.781. The van der Waals surface area contributed by atoms with Crippen LogP contribution in [-0.2, 0) is 29.4 Å². The molecule has 192 valence electrons. The van der Waals surface area contributed by atoms with Gasteiger partial charge in [0.1, 0.15) is 12.6 Å². The molecule has 0 aliphatic carbocycles. The molecule has 0 saturated heterocycles. The van der Waals surface area contributed by atoms with Gasteiger partial charge in [-0.2, -0.15) is 13.2 Å². The maximum Gasteiger partial charge on any atom is 0.451 e. The van der Waals surface area contributed by atoms with Crippen molar-refractivity contribution >= 4 is 28.8 Å². The number of aryl methyl sites for hydroxylation is 1. The fourth-order valence-corrected chi connectivity index (χ4v) is 3.41. The van der Waals surface area contributed by atoms with Crippen molar-refractivity contribution in [2.24, 2.45) is 12.8 Å². The summed E-state index contributed by atoms with van der Waals surface area (Å²) in [6.07, 6.45) is 0.778. The number of carbonyl (C=O) groups excluding carboxylic acids is 2. The zero-order chi connectivity index (χ0) is 27.1. The number of hydrogen-bond acceptors (Lipinski definition) is 9. The van der Waals surface area contributed by atoms with Gasteiger partial charge in [0.15, 0.2) is 17.0 Å². The van der Waals surface area contributed by atoms with Gasteiger partial charge < -0.3 is 15.6 Å². The Morgan fingerprint density at radius 2 is 1.78 bits per heavy atom. The fourth-order valence-electron chi connectivity index (χ4n) is 3.41. The summed E-state index contributed by atoms with van der Waals surface area (Å²) in [6, 6.07) is -1.06. The highest BCUT2D eigenvalue weighted by atomic mass is 19.4. The van der Waals surface area contributed by atoms with Gasteiger partial charge in [-0.1, -0.05) is 0 Å². The van der Waals surface area contributed by atoms with E-state index in [0.29, 0.717) is 4.57 Å². The predicted octanol–water partition coefficient (Wildman–Crippen LogP) is -0.153. The van der Waals surface area contributed by atoms with Crippen LogP contribution in [0.1, 0.15) is 18.8 Å². The Kier molecular flexibility index (Phi) is 6.28. The van der Waals surface area contributed by atoms with Gasteiger partial charge in [0.05, 0.1) is 24.4 Å². The van der Waals surface area contributed by atoms with E-state index in [4.69, 9.17) is 5.73 Å². The summed E-state index contributed by atoms with van der Waals surface area (Å²) < 4.78 is 41.0. The SMILES string of the molecule is C[C@@H](C(=O)Nc1cncc(-c2cnc(C(F)(F)F)nc2)n1)n1cnc2c1c(=O)n(CC(N)=O)c(=O)n2C. The van der Waals surface area contributed by atoms with Crippen molar-refractivity contribution in [1.29, 1.82) is 0 Å². The lowest BCUT2D eigenvalue weighted by atomic mass is 10.2. The van der Waals surface area contributed by atoms with Crippen LogP contribution in [-0.4, -0.2) is 50.4 Å². The molecule has 0 spiro atoms. The maximum atomic E-state index is 13.0. The van der Waals surface area contributed by atoms with Gasteiger partial charge in [-0.25, -0.2) is 29.3 Å². The second kappa shape index (κ2) is 9.25. The molecule has 4 aromatic heterocycles. The number of primary amides is 1. The molecule has 0 bridgehead atoms. The van der Waals surface area contributed by atoms with Gasteiger partial charge in [0.2, 0.25) is 17.6 Å². The highest BCUT2D eigenvalue weighted by Crippen LogP contribution is 2.26. The molecule has 0 aromatic carbocycles. The summed E-state index contributed by atoms with van der Waals surface area (Å²) >= 11 is 0. The van der Waals surface area contributed by atoms with E-state index in [0.717, 1.165) is 17.0 Å². The molecule has 3 N–H and O–H groups in total. The van der Waals surface area contributed by atoms with Gasteiger partial charge >= 0.3 is 11.9 Å². The van der Waals surface area contributed by atoms with E-state index in [1.165, 1.54) is 37.3 Å². The smallest absolute Gasteiger partial charge is 0.368 e. The summed E-state index contributed by atoms with van der Waals surface area (Å²) in [5.74, 6) is -2.93. The third-order valence-electron chi connectivity index (χ3n) is 5.26. The van der Waals surface area contributed by atoms with Crippen LogP contribution in [0.15, 0.2) is 40.7 Å². The van der Waals surface area contributed by atoms with Crippen LogP contribution in [0.2, 0.25) is 0 Å². The average molecular weight is 518 g/mol. The van der Waals surface area contributed by atoms with Crippen molar-refractivity contribution < 1.29 is 22.8 Å². The number of nitrogens with two attached hydrogens (primary N) is 1. The number of hydrogen-bond donors (Lipinski definition) is 2. The van der Waals surface area contributed by atoms with Gasteiger partial charge in [-0.15, -0.1) is 0 Å². The van der Waals surface area contributed by atoms with Gasteiger partial charge in [-0.3, -0.25) is 23.9 Å². The number of nitrogens with zero attached hydrogens (tertiary/aromatic N) is 8. The topological polar surface area (TPSA) is 186 Å². The van der Waals surface area contributed by atoms with Crippen LogP contribution in [0.5, 0.6) is 0 Å². The van der Waals surface area contributed by atoms with E-state index in [1.54, 1.807) is 0 Å². The molecular weight excluding hydrogens is 501 g/mol. The van der Waals surface area contributed by atoms with E-state index in [2.05, 4.69) is 30.2 Å². The molecule has 0 aliphatic heterocycles. The lowest BCUT2D eigenvalue weighted by Gasteiger charge is -2.15. The number of rotatable bonds is 6. The monoisotopic (exact) mass is 518 g/mol. The van der Waals surface area contributed by atoms with Gasteiger partial charge in [0, 0.05) is 25.0 Å². The highest BCUT2D eigenvalue weighted by molar-refractivity contribution is 5.93. The van der Waals surface area contributed by atoms with Crippen molar-refractivity contribution in [3.8, 4) is 11.3 Å². The molecule has 14 nitrogen and oxygen atoms in total. The number of carbonyl (C=O) groups is 2. The largest absolute Gasteiger partial charge is 0.451 e. The minimum absolute atomic E-state index is 0.0144. The molecule has 0 fully saturated rings. The normalized spacial score (nSPS) is 12.5. The summed E-state index contributed by atoms with van der Waals surface area (Å²) in [7, 11) is 1.34. The first-order valence-electron chi connectivity index (χ1n) is 10.4. The van der Waals surface area contributed by atoms with Crippen LogP contribution in [0.25, 0.3) is 22.4 Å². The average Bonchev–Trinajstić information content (AvgIpc) is 3.30. The third kappa shape index (κ3) is 4.78. The number of halogens is 3. The van der Waals surface area contributed by atoms with Crippen molar-refractivity contribution in [2.45, 2.75) is 25.7 Å².